The first kappa shape index (κ1) is 14.8. The third kappa shape index (κ3) is 4.52. The highest BCUT2D eigenvalue weighted by molar-refractivity contribution is 8.03. The number of esters is 1. The van der Waals surface area contributed by atoms with Gasteiger partial charge in [0.05, 0.1) is 18.8 Å². The topological polar surface area (TPSA) is 80.7 Å². The Kier molecular flexibility index (Phi) is 5.91. The molecule has 0 amide bonds. The van der Waals surface area contributed by atoms with Crippen LogP contribution in [0.4, 0.5) is 0 Å². The van der Waals surface area contributed by atoms with Gasteiger partial charge in [0.15, 0.2) is 5.78 Å². The molecule has 0 spiro atoms. The Morgan fingerprint density at radius 2 is 2.11 bits per heavy atom. The second kappa shape index (κ2) is 7.20. The number of thioether (sulfide) groups is 1. The number of ether oxygens (including phenoxy) is 1. The lowest BCUT2D eigenvalue weighted by molar-refractivity contribution is -0.140. The van der Waals surface area contributed by atoms with Crippen molar-refractivity contribution in [2.24, 2.45) is 0 Å². The Labute approximate surface area is 110 Å². The van der Waals surface area contributed by atoms with Crippen molar-refractivity contribution in [1.82, 2.24) is 0 Å². The van der Waals surface area contributed by atoms with Crippen molar-refractivity contribution in [3.05, 3.63) is 10.5 Å². The Morgan fingerprint density at radius 1 is 1.39 bits per heavy atom. The molecule has 100 valence electrons. The van der Waals surface area contributed by atoms with Crippen LogP contribution in [0.5, 0.6) is 0 Å². The minimum absolute atomic E-state index is 0.116. The lowest BCUT2D eigenvalue weighted by atomic mass is 9.95. The van der Waals surface area contributed by atoms with E-state index in [1.54, 1.807) is 6.92 Å². The predicted molar refractivity (Wildman–Crippen MR) is 67.2 cm³/mol. The van der Waals surface area contributed by atoms with Crippen molar-refractivity contribution in [2.75, 3.05) is 12.4 Å². The highest BCUT2D eigenvalue weighted by Crippen LogP contribution is 2.32. The van der Waals surface area contributed by atoms with Crippen molar-refractivity contribution in [3.63, 3.8) is 0 Å². The molecule has 0 aromatic heterocycles. The zero-order valence-electron chi connectivity index (χ0n) is 10.2. The first-order chi connectivity index (χ1) is 8.54. The average Bonchev–Trinajstić information content (AvgIpc) is 2.30. The van der Waals surface area contributed by atoms with E-state index < -0.39 is 5.97 Å². The maximum atomic E-state index is 11.7. The van der Waals surface area contributed by atoms with Gasteiger partial charge in [-0.1, -0.05) is 0 Å². The van der Waals surface area contributed by atoms with Crippen molar-refractivity contribution in [3.8, 4) is 0 Å². The molecule has 18 heavy (non-hydrogen) atoms. The number of hydrogen-bond donors (Lipinski definition) is 1. The number of ketones is 1. The van der Waals surface area contributed by atoms with Gasteiger partial charge in [-0.2, -0.15) is 0 Å². The van der Waals surface area contributed by atoms with E-state index in [1.807, 2.05) is 0 Å². The van der Waals surface area contributed by atoms with E-state index in [9.17, 15) is 14.4 Å². The molecule has 0 atom stereocenters. The zero-order valence-corrected chi connectivity index (χ0v) is 11.0. The molecule has 1 aliphatic carbocycles. The van der Waals surface area contributed by atoms with Crippen LogP contribution in [0.3, 0.4) is 0 Å². The molecule has 0 bridgehead atoms. The fourth-order valence-corrected chi connectivity index (χ4v) is 2.75. The fraction of sp³-hybridized carbons (Fsp3) is 0.583. The van der Waals surface area contributed by atoms with Crippen LogP contribution in [0.15, 0.2) is 10.5 Å². The van der Waals surface area contributed by atoms with Crippen molar-refractivity contribution >= 4 is 29.5 Å². The van der Waals surface area contributed by atoms with Crippen LogP contribution in [0.25, 0.3) is 0 Å². The highest BCUT2D eigenvalue weighted by Gasteiger charge is 2.23. The van der Waals surface area contributed by atoms with E-state index in [2.05, 4.69) is 0 Å². The summed E-state index contributed by atoms with van der Waals surface area (Å²) in [5, 5.41) is 8.78. The van der Waals surface area contributed by atoms with Gasteiger partial charge in [-0.25, -0.2) is 0 Å². The Hall–Kier alpha value is -1.30. The van der Waals surface area contributed by atoms with Gasteiger partial charge in [0.2, 0.25) is 0 Å². The number of carbonyl (C=O) groups excluding carboxylic acids is 2. The van der Waals surface area contributed by atoms with Crippen LogP contribution >= 0.6 is 11.8 Å². The molecule has 6 heteroatoms. The van der Waals surface area contributed by atoms with Gasteiger partial charge >= 0.3 is 11.9 Å². The number of carboxylic acids is 1. The SMILES string of the molecule is CCOC(=O)CSC1=C(CC(=O)O)C(=O)CCC1. The zero-order chi connectivity index (χ0) is 13.5. The van der Waals surface area contributed by atoms with Crippen molar-refractivity contribution in [1.29, 1.82) is 0 Å². The minimum Gasteiger partial charge on any atom is -0.481 e. The Bertz CT molecular complexity index is 386. The molecule has 0 heterocycles. The Balaban J connectivity index is 2.70. The van der Waals surface area contributed by atoms with Gasteiger partial charge in [-0.15, -0.1) is 11.8 Å². The second-order valence-corrected chi connectivity index (χ2v) is 4.91. The van der Waals surface area contributed by atoms with E-state index in [4.69, 9.17) is 9.84 Å². The van der Waals surface area contributed by atoms with Gasteiger partial charge in [-0.3, -0.25) is 14.4 Å². The Morgan fingerprint density at radius 3 is 2.72 bits per heavy atom. The summed E-state index contributed by atoms with van der Waals surface area (Å²) in [7, 11) is 0. The molecular formula is C12H16O5S. The van der Waals surface area contributed by atoms with Gasteiger partial charge in [0.1, 0.15) is 0 Å². The lowest BCUT2D eigenvalue weighted by Crippen LogP contribution is -2.15. The standard InChI is InChI=1S/C12H16O5S/c1-2-17-12(16)7-18-10-5-3-4-9(13)8(10)6-11(14)15/h2-7H2,1H3,(H,14,15). The summed E-state index contributed by atoms with van der Waals surface area (Å²) in [6, 6.07) is 0. The summed E-state index contributed by atoms with van der Waals surface area (Å²) in [5.41, 5.74) is 0.350. The molecule has 0 saturated carbocycles. The second-order valence-electron chi connectivity index (χ2n) is 3.84. The third-order valence-electron chi connectivity index (χ3n) is 2.48. The molecule has 5 nitrogen and oxygen atoms in total. The van der Waals surface area contributed by atoms with Gasteiger partial charge < -0.3 is 9.84 Å². The van der Waals surface area contributed by atoms with Gasteiger partial charge in [0, 0.05) is 12.0 Å². The molecule has 0 aromatic carbocycles. The summed E-state index contributed by atoms with van der Waals surface area (Å²) in [4.78, 5) is 34.3. The maximum absolute atomic E-state index is 11.7. The summed E-state index contributed by atoms with van der Waals surface area (Å²) in [6.45, 7) is 2.04. The molecular weight excluding hydrogens is 256 g/mol. The summed E-state index contributed by atoms with van der Waals surface area (Å²) < 4.78 is 4.79. The normalized spacial score (nSPS) is 15.7. The van der Waals surface area contributed by atoms with E-state index in [-0.39, 0.29) is 23.9 Å². The smallest absolute Gasteiger partial charge is 0.316 e. The molecule has 1 N–H and O–H groups in total. The minimum atomic E-state index is -1.02. The molecule has 1 aliphatic rings. The summed E-state index contributed by atoms with van der Waals surface area (Å²) in [5.74, 6) is -1.35. The fourth-order valence-electron chi connectivity index (χ4n) is 1.72. The van der Waals surface area contributed by atoms with E-state index >= 15 is 0 Å². The van der Waals surface area contributed by atoms with E-state index in [0.29, 0.717) is 31.4 Å². The average molecular weight is 272 g/mol. The van der Waals surface area contributed by atoms with Gasteiger partial charge in [-0.05, 0) is 24.7 Å². The summed E-state index contributed by atoms with van der Waals surface area (Å²) in [6.07, 6.45) is 1.52. The van der Waals surface area contributed by atoms with Crippen LogP contribution in [0.2, 0.25) is 0 Å². The number of rotatable bonds is 6. The van der Waals surface area contributed by atoms with Crippen molar-refractivity contribution < 1.29 is 24.2 Å². The molecule has 0 saturated heterocycles. The molecule has 0 aromatic rings. The predicted octanol–water partition coefficient (Wildman–Crippen LogP) is 1.76. The molecule has 0 unspecified atom stereocenters. The van der Waals surface area contributed by atoms with Gasteiger partial charge in [0.25, 0.3) is 0 Å². The number of Topliss-reactive ketones (excluding diaryl/α,β-unsaturated/α-hetero) is 1. The molecule has 0 radical (unpaired) electrons. The largest absolute Gasteiger partial charge is 0.481 e. The number of aliphatic carboxylic acids is 1. The number of carbonyl (C=O) groups is 3. The number of hydrogen-bond acceptors (Lipinski definition) is 5. The number of allylic oxidation sites excluding steroid dienone is 1. The van der Waals surface area contributed by atoms with Crippen molar-refractivity contribution in [2.45, 2.75) is 32.6 Å². The first-order valence-corrected chi connectivity index (χ1v) is 6.78. The quantitative estimate of drug-likeness (QED) is 0.742. The molecule has 0 fully saturated rings. The summed E-state index contributed by atoms with van der Waals surface area (Å²) >= 11 is 1.22. The number of carboxylic acid groups (broad SMARTS) is 1. The third-order valence-corrected chi connectivity index (χ3v) is 3.66. The molecule has 1 rings (SSSR count). The lowest BCUT2D eigenvalue weighted by Gasteiger charge is -2.17. The molecule has 0 aliphatic heterocycles. The van der Waals surface area contributed by atoms with Crippen LogP contribution in [0.1, 0.15) is 32.6 Å². The van der Waals surface area contributed by atoms with E-state index in [1.165, 1.54) is 11.8 Å². The first-order valence-electron chi connectivity index (χ1n) is 5.80. The maximum Gasteiger partial charge on any atom is 0.316 e. The van der Waals surface area contributed by atoms with Crippen LogP contribution in [-0.2, 0) is 19.1 Å². The van der Waals surface area contributed by atoms with Crippen LogP contribution in [-0.4, -0.2) is 35.2 Å². The van der Waals surface area contributed by atoms with E-state index in [0.717, 1.165) is 4.91 Å². The monoisotopic (exact) mass is 272 g/mol. The van der Waals surface area contributed by atoms with Crippen LogP contribution in [0, 0.1) is 0 Å². The highest BCUT2D eigenvalue weighted by atomic mass is 32.2. The van der Waals surface area contributed by atoms with Crippen LogP contribution < -0.4 is 0 Å².